The summed E-state index contributed by atoms with van der Waals surface area (Å²) in [5, 5.41) is 3.21. The van der Waals surface area contributed by atoms with E-state index in [1.165, 1.54) is 10.5 Å². The zero-order valence-electron chi connectivity index (χ0n) is 14.0. The maximum Gasteiger partial charge on any atom is 0.233 e. The first-order valence-electron chi connectivity index (χ1n) is 8.49. The first-order valence-corrected chi connectivity index (χ1v) is 9.37. The Kier molecular flexibility index (Phi) is 5.62. The molecule has 0 unspecified atom stereocenters. The molecule has 4 nitrogen and oxygen atoms in total. The first kappa shape index (κ1) is 16.8. The molecule has 126 valence electrons. The lowest BCUT2D eigenvalue weighted by Crippen LogP contribution is -2.52. The number of amides is 1. The van der Waals surface area contributed by atoms with Crippen LogP contribution in [0.5, 0.6) is 0 Å². The number of hydrogen-bond acceptors (Lipinski definition) is 4. The summed E-state index contributed by atoms with van der Waals surface area (Å²) in [5.74, 6) is 0.687. The van der Waals surface area contributed by atoms with E-state index in [1.54, 1.807) is 11.8 Å². The molecule has 0 aromatic heterocycles. The molecule has 0 spiro atoms. The van der Waals surface area contributed by atoms with Gasteiger partial charge in [-0.25, -0.2) is 0 Å². The molecule has 3 rings (SSSR count). The van der Waals surface area contributed by atoms with E-state index < -0.39 is 0 Å². The lowest BCUT2D eigenvalue weighted by atomic mass is 10.0. The molecule has 0 bridgehead atoms. The van der Waals surface area contributed by atoms with E-state index in [2.05, 4.69) is 36.2 Å². The standard InChI is InChI=1S/C18H26N2O2S/c1-13(2)15(20-7-9-22-10-8-20)12-19-18(21)17-11-14-5-3-4-6-16(14)23-17/h3-6,13,15,17H,7-12H2,1-2H3,(H,19,21)/t15-,17+/m0/s1. The molecule has 1 aromatic rings. The van der Waals surface area contributed by atoms with Gasteiger partial charge < -0.3 is 10.1 Å². The number of carbonyl (C=O) groups excluding carboxylic acids is 1. The third kappa shape index (κ3) is 4.08. The second kappa shape index (κ2) is 7.69. The summed E-state index contributed by atoms with van der Waals surface area (Å²) in [7, 11) is 0. The monoisotopic (exact) mass is 334 g/mol. The molecule has 0 aliphatic carbocycles. The normalized spacial score (nSPS) is 22.8. The summed E-state index contributed by atoms with van der Waals surface area (Å²) in [6.45, 7) is 8.70. The lowest BCUT2D eigenvalue weighted by molar-refractivity contribution is -0.121. The highest BCUT2D eigenvalue weighted by Crippen LogP contribution is 2.36. The molecule has 23 heavy (non-hydrogen) atoms. The molecule has 0 saturated carbocycles. The zero-order chi connectivity index (χ0) is 16.2. The van der Waals surface area contributed by atoms with Crippen LogP contribution in [0.4, 0.5) is 0 Å². The van der Waals surface area contributed by atoms with Crippen molar-refractivity contribution in [3.8, 4) is 0 Å². The third-order valence-electron chi connectivity index (χ3n) is 4.71. The van der Waals surface area contributed by atoms with E-state index >= 15 is 0 Å². The van der Waals surface area contributed by atoms with Crippen molar-refractivity contribution in [2.24, 2.45) is 5.92 Å². The van der Waals surface area contributed by atoms with Crippen LogP contribution in [0.15, 0.2) is 29.2 Å². The van der Waals surface area contributed by atoms with Crippen LogP contribution in [0.1, 0.15) is 19.4 Å². The van der Waals surface area contributed by atoms with Gasteiger partial charge in [0.15, 0.2) is 0 Å². The highest BCUT2D eigenvalue weighted by atomic mass is 32.2. The Bertz CT molecular complexity index is 519. The second-order valence-electron chi connectivity index (χ2n) is 6.62. The highest BCUT2D eigenvalue weighted by molar-refractivity contribution is 8.01. The van der Waals surface area contributed by atoms with Gasteiger partial charge in [-0.3, -0.25) is 9.69 Å². The summed E-state index contributed by atoms with van der Waals surface area (Å²) >= 11 is 1.69. The third-order valence-corrected chi connectivity index (χ3v) is 6.03. The number of morpholine rings is 1. The van der Waals surface area contributed by atoms with Crippen molar-refractivity contribution >= 4 is 17.7 Å². The van der Waals surface area contributed by atoms with Gasteiger partial charge in [0.2, 0.25) is 5.91 Å². The Morgan fingerprint density at radius 1 is 1.35 bits per heavy atom. The Labute approximate surface area is 143 Å². The zero-order valence-corrected chi connectivity index (χ0v) is 14.8. The van der Waals surface area contributed by atoms with Crippen LogP contribution in [0.25, 0.3) is 0 Å². The molecule has 5 heteroatoms. The predicted octanol–water partition coefficient (Wildman–Crippen LogP) is 2.18. The van der Waals surface area contributed by atoms with Crippen LogP contribution >= 0.6 is 11.8 Å². The molecule has 1 fully saturated rings. The Morgan fingerprint density at radius 2 is 2.09 bits per heavy atom. The maximum absolute atomic E-state index is 12.5. The van der Waals surface area contributed by atoms with E-state index in [9.17, 15) is 4.79 Å². The summed E-state index contributed by atoms with van der Waals surface area (Å²) in [5.41, 5.74) is 1.30. The molecule has 1 N–H and O–H groups in total. The van der Waals surface area contributed by atoms with Crippen LogP contribution < -0.4 is 5.32 Å². The van der Waals surface area contributed by atoms with Gasteiger partial charge >= 0.3 is 0 Å². The minimum absolute atomic E-state index is 0.0184. The molecule has 1 amide bonds. The Balaban J connectivity index is 1.53. The number of nitrogens with zero attached hydrogens (tertiary/aromatic N) is 1. The second-order valence-corrected chi connectivity index (χ2v) is 7.87. The van der Waals surface area contributed by atoms with Crippen LogP contribution in [-0.4, -0.2) is 54.9 Å². The molecule has 0 radical (unpaired) electrons. The van der Waals surface area contributed by atoms with E-state index in [4.69, 9.17) is 4.74 Å². The highest BCUT2D eigenvalue weighted by Gasteiger charge is 2.29. The van der Waals surface area contributed by atoms with Crippen molar-refractivity contribution in [3.63, 3.8) is 0 Å². The van der Waals surface area contributed by atoms with Gasteiger partial charge in [-0.1, -0.05) is 32.0 Å². The predicted molar refractivity (Wildman–Crippen MR) is 93.8 cm³/mol. The number of hydrogen-bond donors (Lipinski definition) is 1. The van der Waals surface area contributed by atoms with Crippen molar-refractivity contribution in [1.82, 2.24) is 10.2 Å². The minimum Gasteiger partial charge on any atom is -0.379 e. The van der Waals surface area contributed by atoms with E-state index in [0.29, 0.717) is 12.0 Å². The average molecular weight is 334 g/mol. The Hall–Kier alpha value is -1.04. The summed E-state index contributed by atoms with van der Waals surface area (Å²) < 4.78 is 5.44. The molecule has 1 aromatic carbocycles. The number of benzene rings is 1. The molecular formula is C18H26N2O2S. The first-order chi connectivity index (χ1) is 11.1. The molecule has 2 atom stereocenters. The summed E-state index contributed by atoms with van der Waals surface area (Å²) in [4.78, 5) is 16.2. The minimum atomic E-state index is 0.0184. The smallest absolute Gasteiger partial charge is 0.233 e. The van der Waals surface area contributed by atoms with Crippen molar-refractivity contribution in [2.45, 2.75) is 36.5 Å². The fourth-order valence-electron chi connectivity index (χ4n) is 3.34. The molecule has 2 heterocycles. The lowest BCUT2D eigenvalue weighted by Gasteiger charge is -2.37. The number of ether oxygens (including phenoxy) is 1. The van der Waals surface area contributed by atoms with Gasteiger partial charge in [0.1, 0.15) is 0 Å². The number of thioether (sulfide) groups is 1. The molecular weight excluding hydrogens is 308 g/mol. The van der Waals surface area contributed by atoms with Crippen molar-refractivity contribution < 1.29 is 9.53 Å². The van der Waals surface area contributed by atoms with Crippen molar-refractivity contribution in [2.75, 3.05) is 32.8 Å². The summed E-state index contributed by atoms with van der Waals surface area (Å²) in [6, 6.07) is 8.71. The molecule has 2 aliphatic rings. The van der Waals surface area contributed by atoms with Crippen LogP contribution in [0.3, 0.4) is 0 Å². The van der Waals surface area contributed by atoms with Crippen LogP contribution in [0.2, 0.25) is 0 Å². The van der Waals surface area contributed by atoms with E-state index in [0.717, 1.165) is 39.3 Å². The fourth-order valence-corrected chi connectivity index (χ4v) is 4.56. The number of nitrogens with one attached hydrogen (secondary N) is 1. The van der Waals surface area contributed by atoms with Gasteiger partial charge in [0, 0.05) is 30.6 Å². The van der Waals surface area contributed by atoms with E-state index in [1.807, 2.05) is 12.1 Å². The maximum atomic E-state index is 12.5. The van der Waals surface area contributed by atoms with Gasteiger partial charge in [0.25, 0.3) is 0 Å². The summed E-state index contributed by atoms with van der Waals surface area (Å²) in [6.07, 6.45) is 0.844. The van der Waals surface area contributed by atoms with Gasteiger partial charge in [0.05, 0.1) is 18.5 Å². The van der Waals surface area contributed by atoms with Crippen molar-refractivity contribution in [3.05, 3.63) is 29.8 Å². The number of carbonyl (C=O) groups is 1. The average Bonchev–Trinajstić information content (AvgIpc) is 2.99. The number of fused-ring (bicyclic) bond motifs is 1. The van der Waals surface area contributed by atoms with E-state index in [-0.39, 0.29) is 11.2 Å². The van der Waals surface area contributed by atoms with Gasteiger partial charge in [-0.15, -0.1) is 11.8 Å². The molecule has 1 saturated heterocycles. The number of rotatable bonds is 5. The topological polar surface area (TPSA) is 41.6 Å². The Morgan fingerprint density at radius 3 is 2.78 bits per heavy atom. The van der Waals surface area contributed by atoms with Gasteiger partial charge in [-0.2, -0.15) is 0 Å². The fraction of sp³-hybridized carbons (Fsp3) is 0.611. The van der Waals surface area contributed by atoms with Crippen molar-refractivity contribution in [1.29, 1.82) is 0 Å². The van der Waals surface area contributed by atoms with Gasteiger partial charge in [-0.05, 0) is 24.0 Å². The molecule has 2 aliphatic heterocycles. The SMILES string of the molecule is CC(C)[C@H](CNC(=O)[C@H]1Cc2ccccc2S1)N1CCOCC1. The largest absolute Gasteiger partial charge is 0.379 e. The quantitative estimate of drug-likeness (QED) is 0.896. The van der Waals surface area contributed by atoms with Crippen LogP contribution in [0, 0.1) is 5.92 Å². The van der Waals surface area contributed by atoms with Crippen LogP contribution in [-0.2, 0) is 16.0 Å².